The molecule has 4 aromatic rings. The molecule has 0 aliphatic heterocycles. The van der Waals surface area contributed by atoms with Gasteiger partial charge in [-0.3, -0.25) is 14.2 Å². The fourth-order valence-electron chi connectivity index (χ4n) is 2.18. The highest BCUT2D eigenvalue weighted by Gasteiger charge is 2.24. The number of rotatable bonds is 3. The Hall–Kier alpha value is -1.91. The quantitative estimate of drug-likeness (QED) is 0.555. The minimum Gasteiger partial charge on any atom is -0.278 e. The van der Waals surface area contributed by atoms with Crippen LogP contribution >= 0.6 is 27.3 Å². The second kappa shape index (κ2) is 4.80. The van der Waals surface area contributed by atoms with Crippen molar-refractivity contribution in [3.63, 3.8) is 0 Å². The number of fused-ring (bicyclic) bond motifs is 2. The van der Waals surface area contributed by atoms with Gasteiger partial charge in [0.25, 0.3) is 10.0 Å². The Labute approximate surface area is 137 Å². The fourth-order valence-corrected chi connectivity index (χ4v) is 5.28. The highest BCUT2D eigenvalue weighted by atomic mass is 79.9. The fraction of sp³-hybridized carbons (Fsp3) is 0. The largest absolute Gasteiger partial charge is 0.280 e. The molecule has 0 atom stereocenters. The van der Waals surface area contributed by atoms with E-state index in [1.165, 1.54) is 15.7 Å². The van der Waals surface area contributed by atoms with E-state index in [9.17, 15) is 8.42 Å². The van der Waals surface area contributed by atoms with Crippen LogP contribution in [0.3, 0.4) is 0 Å². The second-order valence-electron chi connectivity index (χ2n) is 4.54. The van der Waals surface area contributed by atoms with Crippen LogP contribution in [0.15, 0.2) is 45.6 Å². The zero-order valence-electron chi connectivity index (χ0n) is 10.8. The lowest BCUT2D eigenvalue weighted by atomic mass is 10.2. The number of benzene rings is 1. The predicted molar refractivity (Wildman–Crippen MR) is 87.7 cm³/mol. The van der Waals surface area contributed by atoms with Crippen molar-refractivity contribution in [1.82, 2.24) is 19.6 Å². The lowest BCUT2D eigenvalue weighted by molar-refractivity contribution is 0.596. The lowest BCUT2D eigenvalue weighted by Crippen LogP contribution is -2.15. The van der Waals surface area contributed by atoms with Crippen molar-refractivity contribution in [2.75, 3.05) is 4.72 Å². The van der Waals surface area contributed by atoms with Gasteiger partial charge in [-0.2, -0.15) is 13.5 Å². The first-order valence-electron chi connectivity index (χ1n) is 6.11. The van der Waals surface area contributed by atoms with Gasteiger partial charge in [0.15, 0.2) is 9.99 Å². The van der Waals surface area contributed by atoms with E-state index in [2.05, 4.69) is 35.8 Å². The zero-order chi connectivity index (χ0) is 15.3. The average Bonchev–Trinajstić information content (AvgIpc) is 3.11. The Balaban J connectivity index is 1.80. The van der Waals surface area contributed by atoms with Gasteiger partial charge in [0.05, 0.1) is 17.4 Å². The number of halogens is 1. The number of hydrogen-bond acceptors (Lipinski definition) is 5. The maximum Gasteiger partial charge on any atom is 0.280 e. The number of thiazole rings is 1. The van der Waals surface area contributed by atoms with E-state index in [0.29, 0.717) is 10.6 Å². The molecule has 4 rings (SSSR count). The molecule has 0 fully saturated rings. The molecule has 7 nitrogen and oxygen atoms in total. The summed E-state index contributed by atoms with van der Waals surface area (Å²) in [6, 6.07) is 5.18. The SMILES string of the molecule is O=S(=O)(Nc1ccc2cn[nH]c2c1)c1c(Br)nc2sccn12. The van der Waals surface area contributed by atoms with Crippen LogP contribution in [0.1, 0.15) is 0 Å². The van der Waals surface area contributed by atoms with Crippen molar-refractivity contribution < 1.29 is 8.42 Å². The first-order chi connectivity index (χ1) is 10.5. The highest BCUT2D eigenvalue weighted by Crippen LogP contribution is 2.28. The molecule has 0 aliphatic rings. The molecule has 0 aliphatic carbocycles. The Morgan fingerprint density at radius 1 is 1.36 bits per heavy atom. The number of anilines is 1. The topological polar surface area (TPSA) is 92.1 Å². The maximum atomic E-state index is 12.6. The molecule has 0 saturated carbocycles. The summed E-state index contributed by atoms with van der Waals surface area (Å²) in [7, 11) is -3.77. The van der Waals surface area contributed by atoms with Gasteiger partial charge in [-0.15, -0.1) is 11.3 Å². The molecule has 3 heterocycles. The summed E-state index contributed by atoms with van der Waals surface area (Å²) in [5.74, 6) is 0. The van der Waals surface area contributed by atoms with Gasteiger partial charge >= 0.3 is 0 Å². The van der Waals surface area contributed by atoms with Crippen LogP contribution in [0, 0.1) is 0 Å². The van der Waals surface area contributed by atoms with E-state index in [4.69, 9.17) is 0 Å². The van der Waals surface area contributed by atoms with Gasteiger partial charge in [0.2, 0.25) is 0 Å². The van der Waals surface area contributed by atoms with Gasteiger partial charge in [-0.1, -0.05) is 0 Å². The third kappa shape index (κ3) is 2.11. The first kappa shape index (κ1) is 13.7. The van der Waals surface area contributed by atoms with Crippen molar-refractivity contribution in [2.24, 2.45) is 0 Å². The van der Waals surface area contributed by atoms with Crippen molar-refractivity contribution in [3.05, 3.63) is 40.6 Å². The van der Waals surface area contributed by atoms with E-state index < -0.39 is 10.0 Å². The molecule has 112 valence electrons. The van der Waals surface area contributed by atoms with Crippen LogP contribution in [0.4, 0.5) is 5.69 Å². The number of aromatic amines is 1. The average molecular weight is 398 g/mol. The lowest BCUT2D eigenvalue weighted by Gasteiger charge is -2.07. The van der Waals surface area contributed by atoms with Crippen molar-refractivity contribution >= 4 is 58.8 Å². The van der Waals surface area contributed by atoms with E-state index in [1.807, 2.05) is 0 Å². The van der Waals surface area contributed by atoms with Gasteiger partial charge in [-0.25, -0.2) is 4.98 Å². The third-order valence-electron chi connectivity index (χ3n) is 3.13. The Morgan fingerprint density at radius 2 is 2.23 bits per heavy atom. The monoisotopic (exact) mass is 397 g/mol. The molecule has 0 spiro atoms. The Morgan fingerprint density at radius 3 is 3.09 bits per heavy atom. The summed E-state index contributed by atoms with van der Waals surface area (Å²) in [5, 5.41) is 9.49. The second-order valence-corrected chi connectivity index (χ2v) is 7.76. The predicted octanol–water partition coefficient (Wildman–Crippen LogP) is 2.84. The molecule has 0 unspecified atom stereocenters. The molecular formula is C12H8BrN5O2S2. The summed E-state index contributed by atoms with van der Waals surface area (Å²) < 4.78 is 29.7. The van der Waals surface area contributed by atoms with Crippen molar-refractivity contribution in [2.45, 2.75) is 5.03 Å². The molecular weight excluding hydrogens is 390 g/mol. The molecule has 1 aromatic carbocycles. The summed E-state index contributed by atoms with van der Waals surface area (Å²) >= 11 is 4.58. The number of H-pyrrole nitrogens is 1. The number of sulfonamides is 1. The summed E-state index contributed by atoms with van der Waals surface area (Å²) in [6.45, 7) is 0. The maximum absolute atomic E-state index is 12.6. The molecule has 0 radical (unpaired) electrons. The van der Waals surface area contributed by atoms with Crippen molar-refractivity contribution in [1.29, 1.82) is 0 Å². The zero-order valence-corrected chi connectivity index (χ0v) is 14.0. The molecule has 0 bridgehead atoms. The molecule has 3 aromatic heterocycles. The highest BCUT2D eigenvalue weighted by molar-refractivity contribution is 9.10. The first-order valence-corrected chi connectivity index (χ1v) is 9.27. The summed E-state index contributed by atoms with van der Waals surface area (Å²) in [5.41, 5.74) is 1.21. The molecule has 0 amide bonds. The smallest absolute Gasteiger partial charge is 0.278 e. The summed E-state index contributed by atoms with van der Waals surface area (Å²) in [6.07, 6.45) is 3.35. The van der Waals surface area contributed by atoms with Crippen LogP contribution in [-0.2, 0) is 10.0 Å². The summed E-state index contributed by atoms with van der Waals surface area (Å²) in [4.78, 5) is 4.79. The van der Waals surface area contributed by atoms with E-state index >= 15 is 0 Å². The molecule has 22 heavy (non-hydrogen) atoms. The normalized spacial score (nSPS) is 12.2. The van der Waals surface area contributed by atoms with Gasteiger partial charge < -0.3 is 0 Å². The van der Waals surface area contributed by atoms with Gasteiger partial charge in [0.1, 0.15) is 4.60 Å². The van der Waals surface area contributed by atoms with Gasteiger partial charge in [-0.05, 0) is 34.1 Å². The number of nitrogens with zero attached hydrogens (tertiary/aromatic N) is 3. The number of hydrogen-bond donors (Lipinski definition) is 2. The molecule has 0 saturated heterocycles. The van der Waals surface area contributed by atoms with Crippen LogP contribution in [0.25, 0.3) is 15.9 Å². The Kier molecular flexibility index (Phi) is 2.99. The standard InChI is InChI=1S/C12H8BrN5O2S2/c13-10-11(18-3-4-21-12(18)15-10)22(19,20)17-8-2-1-7-6-14-16-9(7)5-8/h1-6,17H,(H,14,16). The third-order valence-corrected chi connectivity index (χ3v) is 6.10. The number of nitrogens with one attached hydrogen (secondary N) is 2. The van der Waals surface area contributed by atoms with Crippen LogP contribution in [0.5, 0.6) is 0 Å². The minimum absolute atomic E-state index is 0.0773. The minimum atomic E-state index is -3.77. The Bertz CT molecular complexity index is 1100. The molecule has 10 heteroatoms. The van der Waals surface area contributed by atoms with E-state index in [1.54, 1.807) is 36.0 Å². The number of aromatic nitrogens is 4. The van der Waals surface area contributed by atoms with Crippen molar-refractivity contribution in [3.8, 4) is 0 Å². The molecule has 2 N–H and O–H groups in total. The van der Waals surface area contributed by atoms with Crippen LogP contribution < -0.4 is 4.72 Å². The van der Waals surface area contributed by atoms with Gasteiger partial charge in [0, 0.05) is 17.0 Å². The van der Waals surface area contributed by atoms with Crippen LogP contribution in [0.2, 0.25) is 0 Å². The van der Waals surface area contributed by atoms with E-state index in [-0.39, 0.29) is 9.63 Å². The number of imidazole rings is 1. The van der Waals surface area contributed by atoms with Crippen LogP contribution in [-0.4, -0.2) is 28.0 Å². The van der Waals surface area contributed by atoms with E-state index in [0.717, 1.165) is 10.9 Å².